The highest BCUT2D eigenvalue weighted by Crippen LogP contribution is 2.37. The van der Waals surface area contributed by atoms with Crippen molar-refractivity contribution in [2.45, 2.75) is 18.9 Å². The van der Waals surface area contributed by atoms with E-state index in [4.69, 9.17) is 0 Å². The standard InChI is InChI=1S/C18H13F3N2OS/c19-11-8-7-10(15(20)16(11)21)18(24)23-9-3-5-13(23)17-22-12-4-1-2-6-14(12)25-17/h1-2,4,6-8,13H,3,5,9H2. The lowest BCUT2D eigenvalue weighted by molar-refractivity contribution is 0.0729. The first-order valence-corrected chi connectivity index (χ1v) is 8.68. The largest absolute Gasteiger partial charge is 0.329 e. The maximum atomic E-state index is 14.0. The minimum atomic E-state index is -1.62. The average Bonchev–Trinajstić information content (AvgIpc) is 3.25. The lowest BCUT2D eigenvalue weighted by Gasteiger charge is -2.23. The zero-order valence-electron chi connectivity index (χ0n) is 13.0. The first kappa shape index (κ1) is 16.1. The summed E-state index contributed by atoms with van der Waals surface area (Å²) in [6.45, 7) is 0.428. The lowest BCUT2D eigenvalue weighted by atomic mass is 10.1. The van der Waals surface area contributed by atoms with Crippen LogP contribution < -0.4 is 0 Å². The van der Waals surface area contributed by atoms with Crippen LogP contribution in [-0.4, -0.2) is 22.3 Å². The number of carbonyl (C=O) groups excluding carboxylic acids is 1. The maximum Gasteiger partial charge on any atom is 0.257 e. The quantitative estimate of drug-likeness (QED) is 0.620. The van der Waals surface area contributed by atoms with Crippen molar-refractivity contribution in [2.24, 2.45) is 0 Å². The molecule has 1 aromatic heterocycles. The zero-order chi connectivity index (χ0) is 17.6. The summed E-state index contributed by atoms with van der Waals surface area (Å²) in [4.78, 5) is 18.8. The maximum absolute atomic E-state index is 14.0. The summed E-state index contributed by atoms with van der Waals surface area (Å²) < 4.78 is 41.6. The molecule has 0 N–H and O–H groups in total. The van der Waals surface area contributed by atoms with Gasteiger partial charge in [0.2, 0.25) is 0 Å². The molecule has 1 saturated heterocycles. The van der Waals surface area contributed by atoms with Gasteiger partial charge in [0.1, 0.15) is 5.01 Å². The number of rotatable bonds is 2. The van der Waals surface area contributed by atoms with Crippen molar-refractivity contribution in [1.82, 2.24) is 9.88 Å². The van der Waals surface area contributed by atoms with Crippen LogP contribution in [0.15, 0.2) is 36.4 Å². The van der Waals surface area contributed by atoms with Crippen molar-refractivity contribution in [3.63, 3.8) is 0 Å². The number of hydrogen-bond acceptors (Lipinski definition) is 3. The first-order valence-electron chi connectivity index (χ1n) is 7.86. The van der Waals surface area contributed by atoms with Crippen LogP contribution in [0.3, 0.4) is 0 Å². The van der Waals surface area contributed by atoms with E-state index in [1.54, 1.807) is 0 Å². The summed E-state index contributed by atoms with van der Waals surface area (Å²) in [6.07, 6.45) is 1.45. The van der Waals surface area contributed by atoms with Crippen LogP contribution >= 0.6 is 11.3 Å². The monoisotopic (exact) mass is 362 g/mol. The van der Waals surface area contributed by atoms with E-state index in [1.807, 2.05) is 24.3 Å². The van der Waals surface area contributed by atoms with Crippen molar-refractivity contribution in [2.75, 3.05) is 6.54 Å². The van der Waals surface area contributed by atoms with Gasteiger partial charge in [0, 0.05) is 6.54 Å². The highest BCUT2D eigenvalue weighted by Gasteiger charge is 2.34. The molecule has 2 aromatic carbocycles. The van der Waals surface area contributed by atoms with Gasteiger partial charge in [-0.25, -0.2) is 18.2 Å². The van der Waals surface area contributed by atoms with Gasteiger partial charge in [-0.2, -0.15) is 0 Å². The minimum absolute atomic E-state index is 0.280. The van der Waals surface area contributed by atoms with Gasteiger partial charge in [0.05, 0.1) is 21.8 Å². The molecule has 3 nitrogen and oxygen atoms in total. The molecule has 0 spiro atoms. The number of likely N-dealkylation sites (tertiary alicyclic amines) is 1. The molecule has 0 bridgehead atoms. The Morgan fingerprint density at radius 3 is 2.72 bits per heavy atom. The Morgan fingerprint density at radius 2 is 1.92 bits per heavy atom. The SMILES string of the molecule is O=C(c1ccc(F)c(F)c1F)N1CCCC1c1nc2ccccc2s1. The molecule has 1 atom stereocenters. The normalized spacial score (nSPS) is 17.4. The van der Waals surface area contributed by atoms with Crippen LogP contribution in [0.25, 0.3) is 10.2 Å². The number of aromatic nitrogens is 1. The van der Waals surface area contributed by atoms with E-state index in [1.165, 1.54) is 16.2 Å². The molecule has 128 valence electrons. The zero-order valence-corrected chi connectivity index (χ0v) is 13.8. The molecular weight excluding hydrogens is 349 g/mol. The molecule has 1 unspecified atom stereocenters. The molecule has 0 radical (unpaired) electrons. The van der Waals surface area contributed by atoms with E-state index in [-0.39, 0.29) is 6.04 Å². The van der Waals surface area contributed by atoms with E-state index in [2.05, 4.69) is 4.98 Å². The van der Waals surface area contributed by atoms with Gasteiger partial charge in [-0.05, 0) is 37.1 Å². The van der Waals surface area contributed by atoms with Crippen molar-refractivity contribution in [3.05, 3.63) is 64.4 Å². The second kappa shape index (κ2) is 6.15. The van der Waals surface area contributed by atoms with Crippen LogP contribution in [0.4, 0.5) is 13.2 Å². The summed E-state index contributed by atoms with van der Waals surface area (Å²) in [5, 5.41) is 0.773. The Hall–Kier alpha value is -2.41. The third-order valence-electron chi connectivity index (χ3n) is 4.37. The Balaban J connectivity index is 1.69. The predicted octanol–water partition coefficient (Wildman–Crippen LogP) is 4.69. The Bertz CT molecular complexity index is 939. The fraction of sp³-hybridized carbons (Fsp3) is 0.222. The van der Waals surface area contributed by atoms with Crippen molar-refractivity contribution in [1.29, 1.82) is 0 Å². The highest BCUT2D eigenvalue weighted by atomic mass is 32.1. The van der Waals surface area contributed by atoms with Gasteiger partial charge >= 0.3 is 0 Å². The number of halogens is 3. The van der Waals surface area contributed by atoms with Crippen LogP contribution in [-0.2, 0) is 0 Å². The number of carbonyl (C=O) groups is 1. The molecule has 2 heterocycles. The number of fused-ring (bicyclic) bond motifs is 1. The van der Waals surface area contributed by atoms with Gasteiger partial charge in [-0.1, -0.05) is 12.1 Å². The smallest absolute Gasteiger partial charge is 0.257 e. The molecular formula is C18H13F3N2OS. The molecule has 7 heteroatoms. The molecule has 1 amide bonds. The van der Waals surface area contributed by atoms with Crippen molar-refractivity contribution in [3.8, 4) is 0 Å². The van der Waals surface area contributed by atoms with Gasteiger partial charge in [-0.3, -0.25) is 4.79 Å². The molecule has 3 aromatic rings. The van der Waals surface area contributed by atoms with Crippen LogP contribution in [0.1, 0.15) is 34.2 Å². The number of thiazole rings is 1. The number of para-hydroxylation sites is 1. The third-order valence-corrected chi connectivity index (χ3v) is 5.51. The summed E-state index contributed by atoms with van der Waals surface area (Å²) >= 11 is 1.49. The van der Waals surface area contributed by atoms with Crippen LogP contribution in [0.2, 0.25) is 0 Å². The molecule has 0 aliphatic carbocycles. The Kier molecular flexibility index (Phi) is 3.95. The average molecular weight is 362 g/mol. The molecule has 0 saturated carbocycles. The van der Waals surface area contributed by atoms with Crippen molar-refractivity contribution >= 4 is 27.5 Å². The van der Waals surface area contributed by atoms with Gasteiger partial charge in [-0.15, -0.1) is 11.3 Å². The van der Waals surface area contributed by atoms with E-state index in [0.29, 0.717) is 13.0 Å². The Labute approximate surface area is 145 Å². The van der Waals surface area contributed by atoms with Crippen LogP contribution in [0.5, 0.6) is 0 Å². The molecule has 25 heavy (non-hydrogen) atoms. The first-order chi connectivity index (χ1) is 12.1. The molecule has 1 fully saturated rings. The van der Waals surface area contributed by atoms with E-state index in [0.717, 1.165) is 33.8 Å². The van der Waals surface area contributed by atoms with Gasteiger partial charge < -0.3 is 4.90 Å². The number of amides is 1. The van der Waals surface area contributed by atoms with Crippen molar-refractivity contribution < 1.29 is 18.0 Å². The number of nitrogens with zero attached hydrogens (tertiary/aromatic N) is 2. The van der Waals surface area contributed by atoms with E-state index < -0.39 is 28.9 Å². The molecule has 1 aliphatic heterocycles. The fourth-order valence-corrected chi connectivity index (χ4v) is 4.26. The number of hydrogen-bond donors (Lipinski definition) is 0. The van der Waals surface area contributed by atoms with Gasteiger partial charge in [0.15, 0.2) is 17.5 Å². The van der Waals surface area contributed by atoms with E-state index >= 15 is 0 Å². The molecule has 1 aliphatic rings. The van der Waals surface area contributed by atoms with E-state index in [9.17, 15) is 18.0 Å². The highest BCUT2D eigenvalue weighted by molar-refractivity contribution is 7.18. The summed E-state index contributed by atoms with van der Waals surface area (Å²) in [5.41, 5.74) is 0.396. The topological polar surface area (TPSA) is 33.2 Å². The minimum Gasteiger partial charge on any atom is -0.329 e. The third kappa shape index (κ3) is 2.68. The lowest BCUT2D eigenvalue weighted by Crippen LogP contribution is -2.31. The summed E-state index contributed by atoms with van der Waals surface area (Å²) in [6, 6.07) is 9.13. The van der Waals surface area contributed by atoms with Crippen LogP contribution in [0, 0.1) is 17.5 Å². The summed E-state index contributed by atoms with van der Waals surface area (Å²) in [7, 11) is 0. The second-order valence-corrected chi connectivity index (χ2v) is 6.96. The predicted molar refractivity (Wildman–Crippen MR) is 88.9 cm³/mol. The number of benzene rings is 2. The Morgan fingerprint density at radius 1 is 1.12 bits per heavy atom. The summed E-state index contributed by atoms with van der Waals surface area (Å²) in [5.74, 6) is -5.02. The fourth-order valence-electron chi connectivity index (χ4n) is 3.14. The second-order valence-electron chi connectivity index (χ2n) is 5.90. The van der Waals surface area contributed by atoms with Gasteiger partial charge in [0.25, 0.3) is 5.91 Å². The molecule has 4 rings (SSSR count).